The van der Waals surface area contributed by atoms with Gasteiger partial charge >= 0.3 is 0 Å². The predicted molar refractivity (Wildman–Crippen MR) is 147 cm³/mol. The molecule has 0 atom stereocenters. The summed E-state index contributed by atoms with van der Waals surface area (Å²) in [5, 5.41) is 6.89. The third-order valence-corrected chi connectivity index (χ3v) is 6.04. The lowest BCUT2D eigenvalue weighted by Gasteiger charge is -2.34. The normalized spacial score (nSPS) is 14.9. The first-order chi connectivity index (χ1) is 15.7. The van der Waals surface area contributed by atoms with Crippen LogP contribution in [0.15, 0.2) is 47.6 Å². The molecule has 1 aromatic carbocycles. The first-order valence-corrected chi connectivity index (χ1v) is 11.4. The van der Waals surface area contributed by atoms with Crippen molar-refractivity contribution in [2.24, 2.45) is 4.99 Å². The van der Waals surface area contributed by atoms with Crippen molar-refractivity contribution in [1.29, 1.82) is 0 Å². The average Bonchev–Trinajstić information content (AvgIpc) is 3.14. The molecule has 178 valence electrons. The smallest absolute Gasteiger partial charge is 0.191 e. The van der Waals surface area contributed by atoms with Crippen LogP contribution in [-0.4, -0.2) is 72.2 Å². The number of para-hydroxylation sites is 2. The Balaban J connectivity index is 0.00000306. The Morgan fingerprint density at radius 3 is 2.64 bits per heavy atom. The summed E-state index contributed by atoms with van der Waals surface area (Å²) in [6.45, 7) is 8.68. The van der Waals surface area contributed by atoms with Gasteiger partial charge in [-0.1, -0.05) is 18.2 Å². The number of pyridine rings is 1. The van der Waals surface area contributed by atoms with Gasteiger partial charge in [-0.25, -0.2) is 9.97 Å². The lowest BCUT2D eigenvalue weighted by Crippen LogP contribution is -2.45. The van der Waals surface area contributed by atoms with Crippen molar-refractivity contribution in [3.63, 3.8) is 0 Å². The number of imidazole rings is 1. The third kappa shape index (κ3) is 6.35. The Morgan fingerprint density at radius 1 is 1.06 bits per heavy atom. The molecule has 0 saturated carbocycles. The highest BCUT2D eigenvalue weighted by atomic mass is 127. The molecule has 0 aliphatic carbocycles. The van der Waals surface area contributed by atoms with Crippen LogP contribution in [0, 0.1) is 6.92 Å². The Hall–Kier alpha value is -2.40. The summed E-state index contributed by atoms with van der Waals surface area (Å²) in [5.74, 6) is 2.94. The largest absolute Gasteiger partial charge is 0.356 e. The number of guanidine groups is 1. The number of halogens is 1. The van der Waals surface area contributed by atoms with Crippen molar-refractivity contribution in [3.8, 4) is 0 Å². The van der Waals surface area contributed by atoms with Gasteiger partial charge < -0.3 is 25.0 Å². The first-order valence-electron chi connectivity index (χ1n) is 11.4. The van der Waals surface area contributed by atoms with Crippen LogP contribution in [0.1, 0.15) is 17.8 Å². The number of nitrogens with zero attached hydrogens (tertiary/aromatic N) is 6. The molecule has 3 heterocycles. The maximum atomic E-state index is 4.67. The monoisotopic (exact) mass is 562 g/mol. The number of nitrogens with one attached hydrogen (secondary N) is 2. The molecule has 2 N–H and O–H groups in total. The van der Waals surface area contributed by atoms with E-state index in [1.807, 2.05) is 25.4 Å². The molecule has 1 aliphatic rings. The van der Waals surface area contributed by atoms with Gasteiger partial charge in [-0.05, 0) is 38.6 Å². The maximum absolute atomic E-state index is 4.67. The molecule has 0 radical (unpaired) electrons. The van der Waals surface area contributed by atoms with E-state index in [1.165, 1.54) is 11.1 Å². The fourth-order valence-electron chi connectivity index (χ4n) is 4.19. The molecule has 9 heteroatoms. The van der Waals surface area contributed by atoms with Gasteiger partial charge in [0.2, 0.25) is 0 Å². The van der Waals surface area contributed by atoms with E-state index >= 15 is 0 Å². The van der Waals surface area contributed by atoms with Crippen molar-refractivity contribution < 1.29 is 0 Å². The van der Waals surface area contributed by atoms with Crippen LogP contribution in [0.3, 0.4) is 0 Å². The van der Waals surface area contributed by atoms with Crippen molar-refractivity contribution in [2.75, 3.05) is 51.7 Å². The molecular formula is C24H35IN8. The van der Waals surface area contributed by atoms with Crippen LogP contribution in [0.25, 0.3) is 11.0 Å². The topological polar surface area (TPSA) is 73.6 Å². The van der Waals surface area contributed by atoms with Crippen LogP contribution in [-0.2, 0) is 13.1 Å². The minimum absolute atomic E-state index is 0. The zero-order valence-electron chi connectivity index (χ0n) is 19.8. The lowest BCUT2D eigenvalue weighted by atomic mass is 10.2. The van der Waals surface area contributed by atoms with E-state index in [9.17, 15) is 0 Å². The highest BCUT2D eigenvalue weighted by Crippen LogP contribution is 2.19. The second-order valence-electron chi connectivity index (χ2n) is 8.28. The number of aliphatic imine (C=N–C) groups is 1. The lowest BCUT2D eigenvalue weighted by molar-refractivity contribution is 0.312. The van der Waals surface area contributed by atoms with Crippen molar-refractivity contribution >= 4 is 46.8 Å². The zero-order valence-corrected chi connectivity index (χ0v) is 22.1. The van der Waals surface area contributed by atoms with Crippen molar-refractivity contribution in [1.82, 2.24) is 30.1 Å². The van der Waals surface area contributed by atoms with E-state index in [0.29, 0.717) is 6.54 Å². The van der Waals surface area contributed by atoms with Gasteiger partial charge in [-0.3, -0.25) is 4.99 Å². The van der Waals surface area contributed by atoms with Crippen LogP contribution >= 0.6 is 24.0 Å². The van der Waals surface area contributed by atoms with Crippen LogP contribution in [0.4, 0.5) is 5.82 Å². The molecule has 0 unspecified atom stereocenters. The Kier molecular flexibility index (Phi) is 9.30. The Labute approximate surface area is 213 Å². The van der Waals surface area contributed by atoms with E-state index < -0.39 is 0 Å². The Morgan fingerprint density at radius 2 is 1.85 bits per heavy atom. The van der Waals surface area contributed by atoms with Crippen molar-refractivity contribution in [2.45, 2.75) is 26.4 Å². The minimum Gasteiger partial charge on any atom is -0.356 e. The Bertz CT molecular complexity index is 1060. The summed E-state index contributed by atoms with van der Waals surface area (Å²) < 4.78 is 2.28. The van der Waals surface area contributed by atoms with Gasteiger partial charge in [0.15, 0.2) is 5.96 Å². The second-order valence-corrected chi connectivity index (χ2v) is 8.28. The van der Waals surface area contributed by atoms with E-state index in [2.05, 4.69) is 78.2 Å². The number of aryl methyl sites for hydroxylation is 2. The molecule has 1 aliphatic heterocycles. The summed E-state index contributed by atoms with van der Waals surface area (Å²) in [6, 6.07) is 12.5. The van der Waals surface area contributed by atoms with E-state index in [-0.39, 0.29) is 24.0 Å². The summed E-state index contributed by atoms with van der Waals surface area (Å²) >= 11 is 0. The van der Waals surface area contributed by atoms with Gasteiger partial charge in [0.25, 0.3) is 0 Å². The van der Waals surface area contributed by atoms with Gasteiger partial charge in [-0.2, -0.15) is 0 Å². The van der Waals surface area contributed by atoms with E-state index in [1.54, 1.807) is 0 Å². The van der Waals surface area contributed by atoms with Crippen LogP contribution in [0.5, 0.6) is 0 Å². The number of anilines is 1. The fourth-order valence-corrected chi connectivity index (χ4v) is 4.19. The number of piperazine rings is 1. The van der Waals surface area contributed by atoms with Crippen LogP contribution in [0.2, 0.25) is 0 Å². The number of hydrogen-bond acceptors (Lipinski definition) is 5. The predicted octanol–water partition coefficient (Wildman–Crippen LogP) is 2.86. The molecule has 0 amide bonds. The molecule has 4 rings (SSSR count). The molecule has 33 heavy (non-hydrogen) atoms. The first kappa shape index (κ1) is 25.2. The van der Waals surface area contributed by atoms with E-state index in [0.717, 1.165) is 68.8 Å². The molecule has 2 aromatic heterocycles. The molecule has 3 aromatic rings. The molecule has 1 saturated heterocycles. The third-order valence-electron chi connectivity index (χ3n) is 6.04. The summed E-state index contributed by atoms with van der Waals surface area (Å²) in [6.07, 6.45) is 2.87. The van der Waals surface area contributed by atoms with Gasteiger partial charge in [-0.15, -0.1) is 24.0 Å². The van der Waals surface area contributed by atoms with Gasteiger partial charge in [0.1, 0.15) is 11.6 Å². The van der Waals surface area contributed by atoms with Gasteiger partial charge in [0.05, 0.1) is 11.0 Å². The number of benzene rings is 1. The highest BCUT2D eigenvalue weighted by Gasteiger charge is 2.18. The van der Waals surface area contributed by atoms with Crippen molar-refractivity contribution in [3.05, 3.63) is 54.0 Å². The summed E-state index contributed by atoms with van der Waals surface area (Å²) in [5.41, 5.74) is 3.45. The number of fused-ring (bicyclic) bond motifs is 1. The minimum atomic E-state index is 0. The number of rotatable bonds is 7. The molecule has 0 bridgehead atoms. The fraction of sp³-hybridized carbons (Fsp3) is 0.458. The van der Waals surface area contributed by atoms with Crippen LogP contribution < -0.4 is 15.5 Å². The second kappa shape index (κ2) is 12.2. The summed E-state index contributed by atoms with van der Waals surface area (Å²) in [7, 11) is 3.98. The number of hydrogen-bond donors (Lipinski definition) is 2. The molecular weight excluding hydrogens is 527 g/mol. The van der Waals surface area contributed by atoms with Gasteiger partial charge in [0, 0.05) is 64.6 Å². The molecule has 8 nitrogen and oxygen atoms in total. The number of aromatic nitrogens is 3. The highest BCUT2D eigenvalue weighted by molar-refractivity contribution is 14.0. The molecule has 0 spiro atoms. The maximum Gasteiger partial charge on any atom is 0.191 e. The number of likely N-dealkylation sites (N-methyl/N-ethyl adjacent to an activating group) is 1. The summed E-state index contributed by atoms with van der Waals surface area (Å²) in [4.78, 5) is 18.4. The average molecular weight is 563 g/mol. The quantitative estimate of drug-likeness (QED) is 0.200. The van der Waals surface area contributed by atoms with E-state index in [4.69, 9.17) is 0 Å². The SMILES string of the molecule is CN=C(NCCCn1c(C)nc2ccccc21)NCc1cccnc1N1CCN(C)CC1.I. The zero-order chi connectivity index (χ0) is 22.3. The molecule has 1 fully saturated rings. The standard InChI is InChI=1S/C24H34N8.HI/c1-19-29-21-9-4-5-10-22(21)32(19)13-7-12-27-24(25-2)28-18-20-8-6-11-26-23(20)31-16-14-30(3)15-17-31;/h4-6,8-11H,7,12-18H2,1-3H3,(H2,25,27,28);1H.